The molecule has 2 unspecified atom stereocenters. The van der Waals surface area contributed by atoms with Gasteiger partial charge < -0.3 is 14.5 Å². The number of anilines is 1. The third-order valence-corrected chi connectivity index (χ3v) is 7.06. The van der Waals surface area contributed by atoms with Gasteiger partial charge >= 0.3 is 0 Å². The number of ether oxygens (including phenoxy) is 1. The highest BCUT2D eigenvalue weighted by Crippen LogP contribution is 2.44. The van der Waals surface area contributed by atoms with E-state index in [4.69, 9.17) is 4.74 Å². The summed E-state index contributed by atoms with van der Waals surface area (Å²) >= 11 is 1.62. The van der Waals surface area contributed by atoms with Crippen LogP contribution in [0, 0.1) is 18.8 Å². The molecule has 2 aliphatic heterocycles. The summed E-state index contributed by atoms with van der Waals surface area (Å²) in [7, 11) is 1.73. The number of hydrogen-bond acceptors (Lipinski definition) is 4. The van der Waals surface area contributed by atoms with Gasteiger partial charge in [0.05, 0.1) is 12.0 Å². The smallest absolute Gasteiger partial charge is 0.228 e. The number of piperidine rings is 1. The molecule has 2 fully saturated rings. The van der Waals surface area contributed by atoms with Gasteiger partial charge in [-0.05, 0) is 49.3 Å². The first-order chi connectivity index (χ1) is 14.1. The van der Waals surface area contributed by atoms with Gasteiger partial charge in [-0.1, -0.05) is 23.8 Å². The number of likely N-dealkylation sites (tertiary alicyclic amines) is 1. The summed E-state index contributed by atoms with van der Waals surface area (Å²) in [6.07, 6.45) is 2.20. The lowest BCUT2D eigenvalue weighted by Gasteiger charge is -2.35. The topological polar surface area (TPSA) is 49.9 Å². The van der Waals surface area contributed by atoms with Crippen LogP contribution in [0.4, 0.5) is 5.69 Å². The monoisotopic (exact) mass is 412 g/mol. The van der Waals surface area contributed by atoms with Crippen molar-refractivity contribution in [1.82, 2.24) is 4.90 Å². The minimum Gasteiger partial charge on any atom is -0.384 e. The van der Waals surface area contributed by atoms with E-state index < -0.39 is 0 Å². The lowest BCUT2D eigenvalue weighted by molar-refractivity contribution is -0.138. The molecule has 0 radical (unpaired) electrons. The summed E-state index contributed by atoms with van der Waals surface area (Å²) in [5.74, 6) is 0.329. The van der Waals surface area contributed by atoms with Crippen molar-refractivity contribution in [3.8, 4) is 0 Å². The largest absolute Gasteiger partial charge is 0.384 e. The summed E-state index contributed by atoms with van der Waals surface area (Å²) in [4.78, 5) is 31.4. The van der Waals surface area contributed by atoms with E-state index in [1.165, 1.54) is 0 Å². The minimum absolute atomic E-state index is 0.0277. The van der Waals surface area contributed by atoms with Crippen LogP contribution in [-0.4, -0.2) is 43.5 Å². The van der Waals surface area contributed by atoms with Gasteiger partial charge in [-0.2, -0.15) is 0 Å². The normalized spacial score (nSPS) is 23.0. The quantitative estimate of drug-likeness (QED) is 0.745. The van der Waals surface area contributed by atoms with Crippen molar-refractivity contribution in [2.75, 3.05) is 31.7 Å². The van der Waals surface area contributed by atoms with E-state index in [2.05, 4.69) is 0 Å². The summed E-state index contributed by atoms with van der Waals surface area (Å²) in [6, 6.07) is 11.8. The summed E-state index contributed by atoms with van der Waals surface area (Å²) in [6.45, 7) is 4.29. The highest BCUT2D eigenvalue weighted by molar-refractivity contribution is 7.10. The molecule has 0 N–H and O–H groups in total. The molecular formula is C23H28N2O3S. The Morgan fingerprint density at radius 3 is 2.52 bits per heavy atom. The predicted molar refractivity (Wildman–Crippen MR) is 115 cm³/mol. The van der Waals surface area contributed by atoms with Crippen LogP contribution in [-0.2, 0) is 14.3 Å². The molecule has 154 valence electrons. The van der Waals surface area contributed by atoms with E-state index in [0.717, 1.165) is 48.7 Å². The number of carbonyl (C=O) groups is 2. The van der Waals surface area contributed by atoms with Crippen LogP contribution in [0.25, 0.3) is 0 Å². The zero-order valence-corrected chi connectivity index (χ0v) is 17.9. The van der Waals surface area contributed by atoms with Gasteiger partial charge in [-0.25, -0.2) is 0 Å². The molecule has 2 amide bonds. The Bertz CT molecular complexity index is 842. The Kier molecular flexibility index (Phi) is 6.01. The van der Waals surface area contributed by atoms with Crippen molar-refractivity contribution in [3.63, 3.8) is 0 Å². The number of aryl methyl sites for hydroxylation is 1. The van der Waals surface area contributed by atoms with E-state index in [-0.39, 0.29) is 30.2 Å². The molecule has 6 heteroatoms. The molecule has 0 spiro atoms. The zero-order chi connectivity index (χ0) is 20.4. The molecule has 5 nitrogen and oxygen atoms in total. The molecule has 0 aliphatic carbocycles. The fourth-order valence-electron chi connectivity index (χ4n) is 4.54. The van der Waals surface area contributed by atoms with Gasteiger partial charge in [0.2, 0.25) is 11.8 Å². The number of rotatable bonds is 5. The Morgan fingerprint density at radius 1 is 1.17 bits per heavy atom. The summed E-state index contributed by atoms with van der Waals surface area (Å²) < 4.78 is 5.27. The van der Waals surface area contributed by atoms with Crippen molar-refractivity contribution in [2.45, 2.75) is 32.2 Å². The van der Waals surface area contributed by atoms with Gasteiger partial charge in [0.25, 0.3) is 0 Å². The maximum atomic E-state index is 13.5. The second-order valence-corrected chi connectivity index (χ2v) is 9.07. The van der Waals surface area contributed by atoms with Crippen molar-refractivity contribution < 1.29 is 14.3 Å². The van der Waals surface area contributed by atoms with Crippen molar-refractivity contribution in [3.05, 3.63) is 52.2 Å². The fraction of sp³-hybridized carbons (Fsp3) is 0.478. The Labute approximate surface area is 176 Å². The van der Waals surface area contributed by atoms with Crippen LogP contribution < -0.4 is 4.90 Å². The number of thiophene rings is 1. The summed E-state index contributed by atoms with van der Waals surface area (Å²) in [5.41, 5.74) is 2.02. The number of nitrogens with zero attached hydrogens (tertiary/aromatic N) is 2. The van der Waals surface area contributed by atoms with Gasteiger partial charge in [0.15, 0.2) is 0 Å². The Hall–Kier alpha value is -2.18. The molecule has 2 aromatic rings. The number of methoxy groups -OCH3 is 1. The molecule has 29 heavy (non-hydrogen) atoms. The standard InChI is InChI=1S/C23H28N2O3S/c1-16-5-7-18(8-6-16)25-21(26)14-19(22(25)20-4-3-13-29-20)23(27)24-11-9-17(10-12-24)15-28-2/h3-8,13,17,19,22H,9-12,14-15H2,1-2H3. The first-order valence-corrected chi connectivity index (χ1v) is 11.2. The van der Waals surface area contributed by atoms with Crippen molar-refractivity contribution in [1.29, 1.82) is 0 Å². The third-order valence-electron chi connectivity index (χ3n) is 6.12. The Balaban J connectivity index is 1.58. The number of hydrogen-bond donors (Lipinski definition) is 0. The van der Waals surface area contributed by atoms with Crippen LogP contribution in [0.2, 0.25) is 0 Å². The SMILES string of the molecule is COCC1CCN(C(=O)C2CC(=O)N(c3ccc(C)cc3)C2c2cccs2)CC1. The average Bonchev–Trinajstić information content (AvgIpc) is 3.37. The molecule has 2 atom stereocenters. The number of carbonyl (C=O) groups excluding carboxylic acids is 2. The van der Waals surface area contributed by atoms with Crippen molar-refractivity contribution in [2.24, 2.45) is 11.8 Å². The maximum Gasteiger partial charge on any atom is 0.228 e. The molecule has 1 aromatic carbocycles. The van der Waals surface area contributed by atoms with Gasteiger partial charge in [0, 0.05) is 43.8 Å². The van der Waals surface area contributed by atoms with Gasteiger partial charge in [-0.15, -0.1) is 11.3 Å². The first-order valence-electron chi connectivity index (χ1n) is 10.3. The van der Waals surface area contributed by atoms with Crippen LogP contribution >= 0.6 is 11.3 Å². The molecule has 1 aromatic heterocycles. The lowest BCUT2D eigenvalue weighted by Crippen LogP contribution is -2.43. The van der Waals surface area contributed by atoms with Crippen LogP contribution in [0.3, 0.4) is 0 Å². The van der Waals surface area contributed by atoms with Crippen LogP contribution in [0.1, 0.15) is 35.7 Å². The first kappa shape index (κ1) is 20.1. The van der Waals surface area contributed by atoms with E-state index in [9.17, 15) is 9.59 Å². The number of benzene rings is 1. The zero-order valence-electron chi connectivity index (χ0n) is 17.0. The van der Waals surface area contributed by atoms with E-state index >= 15 is 0 Å². The molecule has 4 rings (SSSR count). The highest BCUT2D eigenvalue weighted by atomic mass is 32.1. The van der Waals surface area contributed by atoms with E-state index in [1.807, 2.05) is 58.5 Å². The molecule has 0 saturated carbocycles. The molecule has 2 saturated heterocycles. The molecule has 3 heterocycles. The lowest BCUT2D eigenvalue weighted by atomic mass is 9.93. The Morgan fingerprint density at radius 2 is 1.90 bits per heavy atom. The van der Waals surface area contributed by atoms with Gasteiger partial charge in [-0.3, -0.25) is 9.59 Å². The van der Waals surface area contributed by atoms with Crippen LogP contribution in [0.15, 0.2) is 41.8 Å². The minimum atomic E-state index is -0.332. The highest BCUT2D eigenvalue weighted by Gasteiger charge is 2.47. The average molecular weight is 413 g/mol. The fourth-order valence-corrected chi connectivity index (χ4v) is 5.42. The van der Waals surface area contributed by atoms with E-state index in [0.29, 0.717) is 5.92 Å². The molecular weight excluding hydrogens is 384 g/mol. The second-order valence-electron chi connectivity index (χ2n) is 8.09. The predicted octanol–water partition coefficient (Wildman–Crippen LogP) is 4.04. The third kappa shape index (κ3) is 4.09. The van der Waals surface area contributed by atoms with Gasteiger partial charge in [0.1, 0.15) is 0 Å². The maximum absolute atomic E-state index is 13.5. The van der Waals surface area contributed by atoms with Crippen LogP contribution in [0.5, 0.6) is 0 Å². The van der Waals surface area contributed by atoms with Crippen molar-refractivity contribution >= 4 is 28.8 Å². The second kappa shape index (κ2) is 8.67. The number of amides is 2. The summed E-state index contributed by atoms with van der Waals surface area (Å²) in [5, 5.41) is 2.02. The van der Waals surface area contributed by atoms with E-state index in [1.54, 1.807) is 18.4 Å². The molecule has 0 bridgehead atoms. The molecule has 2 aliphatic rings.